The second-order valence-electron chi connectivity index (χ2n) is 1.06. The molecule has 0 saturated heterocycles. The Balaban J connectivity index is 3.32. The third-order valence-electron chi connectivity index (χ3n) is 0.311. The van der Waals surface area contributed by atoms with Crippen LogP contribution in [0, 0.1) is 10.8 Å². The van der Waals surface area contributed by atoms with Crippen LogP contribution in [0.15, 0.2) is 0 Å². The van der Waals surface area contributed by atoms with E-state index in [1.165, 1.54) is 0 Å². The maximum Gasteiger partial charge on any atom is 0.285 e. The first-order valence-electron chi connectivity index (χ1n) is 1.65. The van der Waals surface area contributed by atoms with Crippen molar-refractivity contribution in [1.82, 2.24) is 0 Å². The molecule has 0 bridgehead atoms. The Bertz CT molecular complexity index is 85.9. The first-order chi connectivity index (χ1) is 3.13. The lowest BCUT2D eigenvalue weighted by Crippen LogP contribution is -2.30. The van der Waals surface area contributed by atoms with E-state index in [-0.39, 0.29) is 11.5 Å². The second-order valence-corrected chi connectivity index (χ2v) is 1.06. The maximum atomic E-state index is 6.53. The minimum Gasteiger partial charge on any atom is -0.396 e. The molecule has 1 radical (unpaired) electrons. The molecule has 0 aliphatic carbocycles. The van der Waals surface area contributed by atoms with Gasteiger partial charge in [-0.25, -0.2) is 0 Å². The molecule has 7 heavy (non-hydrogen) atoms. The van der Waals surface area contributed by atoms with Gasteiger partial charge in [0.15, 0.2) is 0 Å². The zero-order chi connectivity index (χ0) is 5.86. The number of hydrogen-bond donors (Lipinski definition) is 4. The number of amidine groups is 2. The van der Waals surface area contributed by atoms with Crippen LogP contribution < -0.4 is 11.5 Å². The smallest absolute Gasteiger partial charge is 0.285 e. The maximum absolute atomic E-state index is 6.53. The highest BCUT2D eigenvalue weighted by Crippen LogP contribution is 1.52. The largest absolute Gasteiger partial charge is 0.396 e. The van der Waals surface area contributed by atoms with Crippen LogP contribution in [0.3, 0.4) is 0 Å². The van der Waals surface area contributed by atoms with Crippen molar-refractivity contribution in [1.29, 1.82) is 10.8 Å². The molecule has 0 aliphatic rings. The predicted octanol–water partition coefficient (Wildman–Crippen LogP) is -1.52. The average Bonchev–Trinajstić information content (AvgIpc) is 1.27. The van der Waals surface area contributed by atoms with Crippen molar-refractivity contribution < 1.29 is 0 Å². The van der Waals surface area contributed by atoms with Gasteiger partial charge in [-0.15, -0.1) is 0 Å². The van der Waals surface area contributed by atoms with Crippen molar-refractivity contribution in [3.8, 4) is 0 Å². The number of nitrogens with two attached hydrogens (primary N) is 2. The summed E-state index contributed by atoms with van der Waals surface area (Å²) in [7, 11) is 1.06. The van der Waals surface area contributed by atoms with Gasteiger partial charge < -0.3 is 11.5 Å². The Labute approximate surface area is 42.1 Å². The van der Waals surface area contributed by atoms with E-state index in [0.29, 0.717) is 0 Å². The molecular weight excluding hydrogens is 90.9 g/mol. The molecule has 0 aromatic heterocycles. The third kappa shape index (κ3) is 5.00. The molecule has 0 aromatic carbocycles. The highest BCUT2D eigenvalue weighted by atomic mass is 14.7. The third-order valence-corrected chi connectivity index (χ3v) is 0.311. The minimum atomic E-state index is -0.187. The van der Waals surface area contributed by atoms with Crippen molar-refractivity contribution >= 4 is 18.7 Å². The molecule has 0 spiro atoms. The molecule has 0 atom stereocenters. The summed E-state index contributed by atoms with van der Waals surface area (Å²) in [6.07, 6.45) is 0. The zero-order valence-corrected chi connectivity index (χ0v) is 3.73. The first-order valence-corrected chi connectivity index (χ1v) is 1.65. The van der Waals surface area contributed by atoms with E-state index in [1.807, 2.05) is 0 Å². The highest BCUT2D eigenvalue weighted by Gasteiger charge is 1.93. The van der Waals surface area contributed by atoms with Crippen LogP contribution >= 0.6 is 0 Å². The number of nitrogens with one attached hydrogen (secondary N) is 2. The molecule has 4 nitrogen and oxygen atoms in total. The summed E-state index contributed by atoms with van der Waals surface area (Å²) in [6.45, 7) is 0. The molecule has 0 saturated carbocycles. The molecule has 0 fully saturated rings. The quantitative estimate of drug-likeness (QED) is 0.191. The zero-order valence-electron chi connectivity index (χ0n) is 3.73. The Morgan fingerprint density at radius 3 is 1.43 bits per heavy atom. The van der Waals surface area contributed by atoms with E-state index in [1.54, 1.807) is 0 Å². The molecule has 5 heteroatoms. The van der Waals surface area contributed by atoms with Crippen molar-refractivity contribution in [2.24, 2.45) is 11.5 Å². The van der Waals surface area contributed by atoms with Crippen LogP contribution in [0.1, 0.15) is 0 Å². The van der Waals surface area contributed by atoms with Crippen LogP contribution in [-0.4, -0.2) is 18.7 Å². The van der Waals surface area contributed by atoms with Gasteiger partial charge >= 0.3 is 0 Å². The summed E-state index contributed by atoms with van der Waals surface area (Å²) < 4.78 is 0. The molecule has 0 amide bonds. The average molecular weight is 96.9 g/mol. The van der Waals surface area contributed by atoms with E-state index < -0.39 is 0 Å². The fraction of sp³-hybridized carbons (Fsp3) is 0. The van der Waals surface area contributed by atoms with E-state index >= 15 is 0 Å². The summed E-state index contributed by atoms with van der Waals surface area (Å²) in [4.78, 5) is 0. The van der Waals surface area contributed by atoms with Crippen LogP contribution in [-0.2, 0) is 0 Å². The Hall–Kier alpha value is -0.995. The van der Waals surface area contributed by atoms with Gasteiger partial charge in [0.25, 0.3) is 7.28 Å². The summed E-state index contributed by atoms with van der Waals surface area (Å²) in [5.41, 5.74) is 9.23. The van der Waals surface area contributed by atoms with Gasteiger partial charge in [0.2, 0.25) is 0 Å². The number of rotatable bonds is 2. The molecule has 37 valence electrons. The molecule has 0 rings (SSSR count). The normalized spacial score (nSPS) is 7.43. The standard InChI is InChI=1S/C2H6BN4/c4-1(5)3-2(6)7/h(H3,4,5)(H3,6,7). The fourth-order valence-corrected chi connectivity index (χ4v) is 0.168. The van der Waals surface area contributed by atoms with Gasteiger partial charge in [-0.1, -0.05) is 0 Å². The Morgan fingerprint density at radius 1 is 1.14 bits per heavy atom. The molecular formula is C2H6BN4. The van der Waals surface area contributed by atoms with Crippen LogP contribution in [0.2, 0.25) is 0 Å². The van der Waals surface area contributed by atoms with Gasteiger partial charge in [0, 0.05) is 0 Å². The lowest BCUT2D eigenvalue weighted by molar-refractivity contribution is 1.48. The molecule has 0 aromatic rings. The highest BCUT2D eigenvalue weighted by molar-refractivity contribution is 6.97. The SMILES string of the molecule is N=C(N)[B]C(=N)N. The van der Waals surface area contributed by atoms with Crippen molar-refractivity contribution in [3.63, 3.8) is 0 Å². The molecule has 0 unspecified atom stereocenters. The van der Waals surface area contributed by atoms with Gasteiger partial charge in [0.05, 0.1) is 11.5 Å². The summed E-state index contributed by atoms with van der Waals surface area (Å²) in [5.74, 6) is 0. The van der Waals surface area contributed by atoms with E-state index in [9.17, 15) is 0 Å². The first kappa shape index (κ1) is 6.00. The van der Waals surface area contributed by atoms with Crippen molar-refractivity contribution in [2.45, 2.75) is 0 Å². The van der Waals surface area contributed by atoms with Crippen LogP contribution in [0.5, 0.6) is 0 Å². The van der Waals surface area contributed by atoms with Crippen molar-refractivity contribution in [2.75, 3.05) is 0 Å². The summed E-state index contributed by atoms with van der Waals surface area (Å²) in [5, 5.41) is 13.1. The molecule has 6 N–H and O–H groups in total. The predicted molar refractivity (Wildman–Crippen MR) is 29.6 cm³/mol. The van der Waals surface area contributed by atoms with Crippen LogP contribution in [0.25, 0.3) is 0 Å². The second kappa shape index (κ2) is 2.23. The van der Waals surface area contributed by atoms with Gasteiger partial charge in [-0.3, -0.25) is 10.8 Å². The lowest BCUT2D eigenvalue weighted by atomic mass is 9.76. The molecule has 0 heterocycles. The van der Waals surface area contributed by atoms with Crippen molar-refractivity contribution in [3.05, 3.63) is 0 Å². The number of hydrogen-bond acceptors (Lipinski definition) is 2. The van der Waals surface area contributed by atoms with E-state index in [0.717, 1.165) is 7.28 Å². The monoisotopic (exact) mass is 97.1 g/mol. The minimum absolute atomic E-state index is 0.187. The summed E-state index contributed by atoms with van der Waals surface area (Å²) in [6, 6.07) is 0. The van der Waals surface area contributed by atoms with E-state index in [2.05, 4.69) is 0 Å². The van der Waals surface area contributed by atoms with E-state index in [4.69, 9.17) is 22.3 Å². The molecule has 0 aliphatic heterocycles. The lowest BCUT2D eigenvalue weighted by Gasteiger charge is -1.87. The summed E-state index contributed by atoms with van der Waals surface area (Å²) >= 11 is 0. The van der Waals surface area contributed by atoms with Gasteiger partial charge in [0.1, 0.15) is 0 Å². The Morgan fingerprint density at radius 2 is 1.43 bits per heavy atom. The van der Waals surface area contributed by atoms with Crippen LogP contribution in [0.4, 0.5) is 0 Å². The Kier molecular flexibility index (Phi) is 1.91. The fourth-order valence-electron chi connectivity index (χ4n) is 0.168. The topological polar surface area (TPSA) is 99.7 Å². The van der Waals surface area contributed by atoms with Gasteiger partial charge in [-0.05, 0) is 0 Å². The van der Waals surface area contributed by atoms with Gasteiger partial charge in [-0.2, -0.15) is 0 Å².